The fraction of sp³-hybridized carbons (Fsp3) is 0. The molecule has 3 aromatic carbocycles. The van der Waals surface area contributed by atoms with Crippen LogP contribution in [0.25, 0.3) is 10.8 Å². The Balaban J connectivity index is 0.00000385. The number of nitrogen functional groups attached to an aromatic ring is 1. The minimum absolute atomic E-state index is 0. The summed E-state index contributed by atoms with van der Waals surface area (Å²) in [4.78, 5) is 10.6. The monoisotopic (exact) mass is 571 g/mol. The van der Waals surface area contributed by atoms with Gasteiger partial charge in [0.25, 0.3) is 36.3 Å². The van der Waals surface area contributed by atoms with Gasteiger partial charge in [-0.05, 0) is 47.9 Å². The fourth-order valence-electron chi connectivity index (χ4n) is 2.86. The molecule has 35 heavy (non-hydrogen) atoms. The van der Waals surface area contributed by atoms with Crippen LogP contribution in [-0.4, -0.2) is 133 Å². The van der Waals surface area contributed by atoms with E-state index in [0.29, 0.717) is 0 Å². The van der Waals surface area contributed by atoms with Crippen molar-refractivity contribution in [1.82, 2.24) is 0 Å². The zero-order chi connectivity index (χ0) is 24.1. The molecule has 0 bridgehead atoms. The number of fused-ring (bicyclic) bond motifs is 1. The Kier molecular flexibility index (Phi) is 12.6. The van der Waals surface area contributed by atoms with Crippen molar-refractivity contribution < 1.29 is 43.7 Å². The summed E-state index contributed by atoms with van der Waals surface area (Å²) >= 11 is 0. The molecule has 0 aliphatic rings. The normalized spacial score (nSPS) is 11.5. The minimum atomic E-state index is -4.86. The topological polar surface area (TPSA) is 218 Å². The van der Waals surface area contributed by atoms with E-state index in [9.17, 15) is 43.7 Å². The molecule has 0 saturated heterocycles. The SMILES string of the molecule is Nc1ccc(C(=O)Nc2cc(S(=O)(=O)O)cc3cc(S(=O)(=O)O)ccc23)c(S(=O)(=O)O)c1.[Na].[Na].[Na]. The van der Waals surface area contributed by atoms with Gasteiger partial charge in [-0.1, -0.05) is 6.07 Å². The molecule has 18 heteroatoms. The first-order valence-electron chi connectivity index (χ1n) is 8.28. The van der Waals surface area contributed by atoms with E-state index in [2.05, 4.69) is 5.32 Å². The summed E-state index contributed by atoms with van der Waals surface area (Å²) in [5.74, 6) is -1.09. The van der Waals surface area contributed by atoms with Crippen LogP contribution in [0.1, 0.15) is 10.4 Å². The Morgan fingerprint density at radius 2 is 1.26 bits per heavy atom. The quantitative estimate of drug-likeness (QED) is 0.159. The Morgan fingerprint density at radius 1 is 0.714 bits per heavy atom. The van der Waals surface area contributed by atoms with Crippen LogP contribution in [0.3, 0.4) is 0 Å². The number of rotatable bonds is 5. The first kappa shape index (κ1) is 34.9. The molecule has 12 nitrogen and oxygen atoms in total. The van der Waals surface area contributed by atoms with Gasteiger partial charge in [0.15, 0.2) is 0 Å². The van der Waals surface area contributed by atoms with Crippen LogP contribution >= 0.6 is 0 Å². The third-order valence-electron chi connectivity index (χ3n) is 4.27. The van der Waals surface area contributed by atoms with E-state index >= 15 is 0 Å². The summed E-state index contributed by atoms with van der Waals surface area (Å²) < 4.78 is 97.3. The smallest absolute Gasteiger partial charge is 0.295 e. The van der Waals surface area contributed by atoms with Gasteiger partial charge in [-0.15, -0.1) is 0 Å². The molecular weight excluding hydrogens is 557 g/mol. The Hall–Kier alpha value is -0.0800. The van der Waals surface area contributed by atoms with E-state index in [-0.39, 0.29) is 111 Å². The average molecular weight is 571 g/mol. The van der Waals surface area contributed by atoms with Gasteiger partial charge in [-0.3, -0.25) is 18.5 Å². The van der Waals surface area contributed by atoms with Crippen molar-refractivity contribution in [2.24, 2.45) is 0 Å². The predicted octanol–water partition coefficient (Wildman–Crippen LogP) is 0.272. The molecular formula is C17H14N2Na3O10S3. The molecule has 0 atom stereocenters. The van der Waals surface area contributed by atoms with E-state index in [1.807, 2.05) is 0 Å². The Labute approximate surface area is 267 Å². The Morgan fingerprint density at radius 3 is 1.77 bits per heavy atom. The van der Waals surface area contributed by atoms with Crippen molar-refractivity contribution in [3.05, 3.63) is 54.1 Å². The summed E-state index contributed by atoms with van der Waals surface area (Å²) in [5.41, 5.74) is 4.66. The number of carbonyl (C=O) groups is 1. The molecule has 3 rings (SSSR count). The van der Waals surface area contributed by atoms with Crippen LogP contribution in [0, 0.1) is 0 Å². The fourth-order valence-corrected chi connectivity index (χ4v) is 4.65. The Bertz CT molecular complexity index is 1600. The predicted molar refractivity (Wildman–Crippen MR) is 129 cm³/mol. The summed E-state index contributed by atoms with van der Waals surface area (Å²) in [6.45, 7) is 0. The van der Waals surface area contributed by atoms with Gasteiger partial charge < -0.3 is 11.1 Å². The van der Waals surface area contributed by atoms with Crippen LogP contribution in [-0.2, 0) is 30.4 Å². The number of nitrogens with two attached hydrogens (primary N) is 1. The maximum absolute atomic E-state index is 12.7. The number of carbonyl (C=O) groups excluding carboxylic acids is 1. The van der Waals surface area contributed by atoms with Crippen molar-refractivity contribution in [1.29, 1.82) is 0 Å². The average Bonchev–Trinajstić information content (AvgIpc) is 2.65. The third-order valence-corrected chi connectivity index (χ3v) is 6.84. The molecule has 3 aromatic rings. The molecule has 0 aliphatic carbocycles. The van der Waals surface area contributed by atoms with Gasteiger partial charge in [-0.2, -0.15) is 25.3 Å². The first-order valence-corrected chi connectivity index (χ1v) is 12.6. The van der Waals surface area contributed by atoms with Crippen molar-refractivity contribution in [3.63, 3.8) is 0 Å². The molecule has 0 unspecified atom stereocenters. The molecule has 1 amide bonds. The second-order valence-corrected chi connectivity index (χ2v) is 10.7. The van der Waals surface area contributed by atoms with Gasteiger partial charge in [0, 0.05) is 99.7 Å². The van der Waals surface area contributed by atoms with E-state index in [1.165, 1.54) is 6.07 Å². The largest absolute Gasteiger partial charge is 0.399 e. The number of amides is 1. The summed E-state index contributed by atoms with van der Waals surface area (Å²) in [6, 6.07) is 7.83. The van der Waals surface area contributed by atoms with Gasteiger partial charge in [-0.25, -0.2) is 0 Å². The van der Waals surface area contributed by atoms with Crippen LogP contribution in [0.15, 0.2) is 63.2 Å². The van der Waals surface area contributed by atoms with Crippen LogP contribution < -0.4 is 11.1 Å². The van der Waals surface area contributed by atoms with Crippen molar-refractivity contribution in [2.75, 3.05) is 11.1 Å². The zero-order valence-corrected chi connectivity index (χ0v) is 27.1. The molecule has 0 fully saturated rings. The van der Waals surface area contributed by atoms with Crippen molar-refractivity contribution >= 4 is 147 Å². The molecule has 6 N–H and O–H groups in total. The standard InChI is InChI=1S/C17H14N2O10S3.3Na/c18-10-1-3-14(16(7-10)32(27,28)29)17(20)19-15-8-12(31(24,25)26)6-9-5-11(30(21,22)23)2-4-13(9)15;;;/h1-8H,18H2,(H,19,20)(H,21,22,23)(H,24,25,26)(H,27,28,29);;;. The summed E-state index contributed by atoms with van der Waals surface area (Å²) in [6.07, 6.45) is 0. The van der Waals surface area contributed by atoms with Gasteiger partial charge in [0.2, 0.25) is 0 Å². The number of hydrogen-bond acceptors (Lipinski definition) is 8. The molecule has 0 saturated carbocycles. The molecule has 0 aliphatic heterocycles. The van der Waals surface area contributed by atoms with Gasteiger partial charge in [0.05, 0.1) is 21.0 Å². The molecule has 0 heterocycles. The maximum atomic E-state index is 12.7. The molecule has 0 aromatic heterocycles. The summed E-state index contributed by atoms with van der Waals surface area (Å²) in [5, 5.41) is 2.25. The van der Waals surface area contributed by atoms with Gasteiger partial charge in [0.1, 0.15) is 4.90 Å². The second kappa shape index (κ2) is 12.6. The number of benzene rings is 3. The van der Waals surface area contributed by atoms with E-state index < -0.39 is 56.5 Å². The van der Waals surface area contributed by atoms with Crippen LogP contribution in [0.4, 0.5) is 11.4 Å². The summed E-state index contributed by atoms with van der Waals surface area (Å²) in [7, 11) is -14.3. The third kappa shape index (κ3) is 8.46. The molecule has 173 valence electrons. The van der Waals surface area contributed by atoms with Crippen LogP contribution in [0.5, 0.6) is 0 Å². The van der Waals surface area contributed by atoms with E-state index in [0.717, 1.165) is 42.5 Å². The van der Waals surface area contributed by atoms with Crippen molar-refractivity contribution in [3.8, 4) is 0 Å². The first-order chi connectivity index (χ1) is 14.6. The van der Waals surface area contributed by atoms with Gasteiger partial charge >= 0.3 is 0 Å². The molecule has 0 spiro atoms. The second-order valence-electron chi connectivity index (χ2n) is 6.49. The zero-order valence-electron chi connectivity index (χ0n) is 18.6. The molecule has 3 radical (unpaired) electrons. The van der Waals surface area contributed by atoms with E-state index in [1.54, 1.807) is 0 Å². The van der Waals surface area contributed by atoms with Crippen molar-refractivity contribution in [2.45, 2.75) is 14.7 Å². The van der Waals surface area contributed by atoms with E-state index in [4.69, 9.17) is 5.73 Å². The maximum Gasteiger partial charge on any atom is 0.295 e. The number of anilines is 2. The van der Waals surface area contributed by atoms with Crippen LogP contribution in [0.2, 0.25) is 0 Å². The number of nitrogens with one attached hydrogen (secondary N) is 1. The number of hydrogen-bond donors (Lipinski definition) is 5. The minimum Gasteiger partial charge on any atom is -0.399 e.